The van der Waals surface area contributed by atoms with Gasteiger partial charge in [0.1, 0.15) is 6.61 Å². The van der Waals surface area contributed by atoms with Crippen molar-refractivity contribution in [2.75, 3.05) is 13.1 Å². The maximum absolute atomic E-state index is 11.7. The number of alkyl carbamates (subject to hydrolysis) is 1. The molecular formula is C17H24N2O3. The van der Waals surface area contributed by atoms with Crippen LogP contribution in [0.15, 0.2) is 30.3 Å². The van der Waals surface area contributed by atoms with Gasteiger partial charge in [0.25, 0.3) is 0 Å². The largest absolute Gasteiger partial charge is 0.445 e. The van der Waals surface area contributed by atoms with E-state index < -0.39 is 0 Å². The van der Waals surface area contributed by atoms with E-state index in [1.165, 1.54) is 12.8 Å². The lowest BCUT2D eigenvalue weighted by Gasteiger charge is -2.37. The Hall–Kier alpha value is -1.59. The number of aliphatic hydroxyl groups is 1. The van der Waals surface area contributed by atoms with Gasteiger partial charge >= 0.3 is 6.09 Å². The highest BCUT2D eigenvalue weighted by Gasteiger charge is 2.39. The molecule has 2 aliphatic heterocycles. The van der Waals surface area contributed by atoms with Gasteiger partial charge in [-0.1, -0.05) is 30.3 Å². The molecule has 2 bridgehead atoms. The number of benzene rings is 1. The van der Waals surface area contributed by atoms with Gasteiger partial charge in [0.2, 0.25) is 0 Å². The highest BCUT2D eigenvalue weighted by atomic mass is 16.5. The number of amides is 1. The molecule has 1 aromatic carbocycles. The van der Waals surface area contributed by atoms with Crippen LogP contribution in [0.25, 0.3) is 0 Å². The molecule has 2 N–H and O–H groups in total. The average Bonchev–Trinajstić information content (AvgIpc) is 2.77. The SMILES string of the molecule is O=C(NCCN1C2CCC1CC(O)C2)OCc1ccccc1. The first-order valence-electron chi connectivity index (χ1n) is 8.11. The molecule has 2 saturated heterocycles. The standard InChI is InChI=1S/C17H24N2O3/c20-16-10-14-6-7-15(11-16)19(14)9-8-18-17(21)22-12-13-4-2-1-3-5-13/h1-5,14-16,20H,6-12H2,(H,18,21). The fourth-order valence-corrected chi connectivity index (χ4v) is 3.67. The Kier molecular flexibility index (Phi) is 4.95. The molecule has 0 saturated carbocycles. The summed E-state index contributed by atoms with van der Waals surface area (Å²) in [6.45, 7) is 1.73. The number of hydrogen-bond donors (Lipinski definition) is 2. The second-order valence-corrected chi connectivity index (χ2v) is 6.24. The van der Waals surface area contributed by atoms with Gasteiger partial charge < -0.3 is 15.2 Å². The Morgan fingerprint density at radius 1 is 1.23 bits per heavy atom. The number of piperidine rings is 1. The Morgan fingerprint density at radius 2 is 1.91 bits per heavy atom. The summed E-state index contributed by atoms with van der Waals surface area (Å²) in [5.41, 5.74) is 0.987. The molecule has 1 amide bonds. The molecule has 0 spiro atoms. The zero-order valence-electron chi connectivity index (χ0n) is 12.8. The minimum Gasteiger partial charge on any atom is -0.445 e. The van der Waals surface area contributed by atoms with E-state index in [4.69, 9.17) is 4.74 Å². The van der Waals surface area contributed by atoms with E-state index in [-0.39, 0.29) is 12.2 Å². The Balaban J connectivity index is 1.36. The van der Waals surface area contributed by atoms with Gasteiger partial charge in [0.15, 0.2) is 0 Å². The lowest BCUT2D eigenvalue weighted by Crippen LogP contribution is -2.47. The highest BCUT2D eigenvalue weighted by molar-refractivity contribution is 5.67. The molecule has 2 aliphatic rings. The predicted molar refractivity (Wildman–Crippen MR) is 83.4 cm³/mol. The van der Waals surface area contributed by atoms with Crippen molar-refractivity contribution in [2.24, 2.45) is 0 Å². The lowest BCUT2D eigenvalue weighted by molar-refractivity contribution is 0.0358. The van der Waals surface area contributed by atoms with Crippen molar-refractivity contribution in [3.05, 3.63) is 35.9 Å². The summed E-state index contributed by atoms with van der Waals surface area (Å²) in [6, 6.07) is 10.6. The van der Waals surface area contributed by atoms with Crippen molar-refractivity contribution in [3.63, 3.8) is 0 Å². The Morgan fingerprint density at radius 3 is 2.59 bits per heavy atom. The van der Waals surface area contributed by atoms with E-state index >= 15 is 0 Å². The molecule has 2 heterocycles. The molecule has 0 aromatic heterocycles. The van der Waals surface area contributed by atoms with Crippen LogP contribution in [0.4, 0.5) is 4.79 Å². The molecule has 2 fully saturated rings. The van der Waals surface area contributed by atoms with Crippen molar-refractivity contribution in [1.82, 2.24) is 10.2 Å². The van der Waals surface area contributed by atoms with E-state index in [9.17, 15) is 9.90 Å². The number of ether oxygens (including phenoxy) is 1. The smallest absolute Gasteiger partial charge is 0.407 e. The molecule has 3 rings (SSSR count). The van der Waals surface area contributed by atoms with Gasteiger partial charge in [-0.05, 0) is 31.2 Å². The number of nitrogens with one attached hydrogen (secondary N) is 1. The first-order valence-corrected chi connectivity index (χ1v) is 8.11. The third kappa shape index (κ3) is 3.78. The molecule has 5 heteroatoms. The quantitative estimate of drug-likeness (QED) is 0.872. The van der Waals surface area contributed by atoms with Gasteiger partial charge in [0, 0.05) is 25.2 Å². The van der Waals surface area contributed by atoms with Crippen LogP contribution in [0.5, 0.6) is 0 Å². The minimum atomic E-state index is -0.367. The van der Waals surface area contributed by atoms with E-state index in [0.29, 0.717) is 25.2 Å². The number of fused-ring (bicyclic) bond motifs is 2. The molecule has 0 aliphatic carbocycles. The summed E-state index contributed by atoms with van der Waals surface area (Å²) < 4.78 is 5.20. The van der Waals surface area contributed by atoms with Crippen LogP contribution in [-0.4, -0.2) is 47.4 Å². The van der Waals surface area contributed by atoms with Crippen molar-refractivity contribution < 1.29 is 14.6 Å². The summed E-state index contributed by atoms with van der Waals surface area (Å²) in [4.78, 5) is 14.1. The van der Waals surface area contributed by atoms with Crippen molar-refractivity contribution in [1.29, 1.82) is 0 Å². The van der Waals surface area contributed by atoms with Crippen LogP contribution >= 0.6 is 0 Å². The first kappa shape index (κ1) is 15.3. The van der Waals surface area contributed by atoms with Gasteiger partial charge in [-0.15, -0.1) is 0 Å². The lowest BCUT2D eigenvalue weighted by atomic mass is 10.00. The van der Waals surface area contributed by atoms with Crippen molar-refractivity contribution >= 4 is 6.09 Å². The van der Waals surface area contributed by atoms with E-state index in [2.05, 4.69) is 10.2 Å². The van der Waals surface area contributed by atoms with E-state index in [1.54, 1.807) is 0 Å². The summed E-state index contributed by atoms with van der Waals surface area (Å²) in [7, 11) is 0. The topological polar surface area (TPSA) is 61.8 Å². The maximum Gasteiger partial charge on any atom is 0.407 e. The molecule has 2 unspecified atom stereocenters. The predicted octanol–water partition coefficient (Wildman–Crippen LogP) is 1.90. The molecular weight excluding hydrogens is 280 g/mol. The summed E-state index contributed by atoms with van der Waals surface area (Å²) >= 11 is 0. The Bertz CT molecular complexity index is 480. The molecule has 0 radical (unpaired) electrons. The third-order valence-electron chi connectivity index (χ3n) is 4.71. The van der Waals surface area contributed by atoms with Gasteiger partial charge in [-0.25, -0.2) is 4.79 Å². The minimum absolute atomic E-state index is 0.141. The fourth-order valence-electron chi connectivity index (χ4n) is 3.67. The monoisotopic (exact) mass is 304 g/mol. The number of carbonyl (C=O) groups is 1. The number of rotatable bonds is 5. The van der Waals surface area contributed by atoms with E-state index in [1.807, 2.05) is 30.3 Å². The highest BCUT2D eigenvalue weighted by Crippen LogP contribution is 2.35. The van der Waals surface area contributed by atoms with E-state index in [0.717, 1.165) is 24.9 Å². The van der Waals surface area contributed by atoms with Gasteiger partial charge in [0.05, 0.1) is 6.10 Å². The number of nitrogens with zero attached hydrogens (tertiary/aromatic N) is 1. The zero-order chi connectivity index (χ0) is 15.4. The third-order valence-corrected chi connectivity index (χ3v) is 4.71. The normalized spacial score (nSPS) is 27.6. The zero-order valence-corrected chi connectivity index (χ0v) is 12.8. The summed E-state index contributed by atoms with van der Waals surface area (Å²) in [5, 5.41) is 12.6. The number of aliphatic hydroxyl groups excluding tert-OH is 1. The number of hydrogen-bond acceptors (Lipinski definition) is 4. The second-order valence-electron chi connectivity index (χ2n) is 6.24. The van der Waals surface area contributed by atoms with Crippen LogP contribution < -0.4 is 5.32 Å². The van der Waals surface area contributed by atoms with Crippen molar-refractivity contribution in [3.8, 4) is 0 Å². The average molecular weight is 304 g/mol. The molecule has 1 aromatic rings. The summed E-state index contributed by atoms with van der Waals surface area (Å²) in [5.74, 6) is 0. The molecule has 5 nitrogen and oxygen atoms in total. The van der Waals surface area contributed by atoms with Crippen LogP contribution in [-0.2, 0) is 11.3 Å². The van der Waals surface area contributed by atoms with Gasteiger partial charge in [-0.3, -0.25) is 4.90 Å². The number of carbonyl (C=O) groups excluding carboxylic acids is 1. The first-order chi connectivity index (χ1) is 10.7. The van der Waals surface area contributed by atoms with Crippen LogP contribution in [0.3, 0.4) is 0 Å². The van der Waals surface area contributed by atoms with Gasteiger partial charge in [-0.2, -0.15) is 0 Å². The second kappa shape index (κ2) is 7.11. The molecule has 22 heavy (non-hydrogen) atoms. The van der Waals surface area contributed by atoms with Crippen LogP contribution in [0, 0.1) is 0 Å². The van der Waals surface area contributed by atoms with Crippen LogP contribution in [0.2, 0.25) is 0 Å². The van der Waals surface area contributed by atoms with Crippen molar-refractivity contribution in [2.45, 2.75) is 50.5 Å². The Labute approximate surface area is 131 Å². The van der Waals surface area contributed by atoms with Crippen LogP contribution in [0.1, 0.15) is 31.2 Å². The fraction of sp³-hybridized carbons (Fsp3) is 0.588. The molecule has 2 atom stereocenters. The summed E-state index contributed by atoms with van der Waals surface area (Å²) in [6.07, 6.45) is 3.57. The maximum atomic E-state index is 11.7. The molecule has 120 valence electrons.